The van der Waals surface area contributed by atoms with Crippen molar-refractivity contribution in [3.05, 3.63) is 29.6 Å². The fourth-order valence-electron chi connectivity index (χ4n) is 1.81. The molecule has 0 aliphatic heterocycles. The Hall–Kier alpha value is -1.88. The highest BCUT2D eigenvalue weighted by Gasteiger charge is 2.30. The van der Waals surface area contributed by atoms with Gasteiger partial charge in [0, 0.05) is 16.9 Å². The fraction of sp³-hybridized carbons (Fsp3) is 0.231. The number of rotatable bonds is 3. The minimum Gasteiger partial charge on any atom is -0.375 e. The maximum Gasteiger partial charge on any atom is 0.227 e. The van der Waals surface area contributed by atoms with Crippen LogP contribution in [0.1, 0.15) is 12.8 Å². The average molecular weight is 259 g/mol. The molecule has 0 saturated heterocycles. The summed E-state index contributed by atoms with van der Waals surface area (Å²) in [4.78, 5) is 16.1. The smallest absolute Gasteiger partial charge is 0.227 e. The van der Waals surface area contributed by atoms with Gasteiger partial charge in [0.1, 0.15) is 0 Å². The van der Waals surface area contributed by atoms with E-state index in [0.717, 1.165) is 29.8 Å². The normalized spacial score (nSPS) is 14.4. The quantitative estimate of drug-likeness (QED) is 0.890. The second-order valence-electron chi connectivity index (χ2n) is 4.38. The summed E-state index contributed by atoms with van der Waals surface area (Å²) in [5.41, 5.74) is 8.18. The second kappa shape index (κ2) is 4.42. The Balaban J connectivity index is 1.91. The predicted octanol–water partition coefficient (Wildman–Crippen LogP) is 2.74. The van der Waals surface area contributed by atoms with Crippen LogP contribution in [0.4, 0.5) is 10.8 Å². The molecule has 3 N–H and O–H groups in total. The molecule has 1 aromatic carbocycles. The van der Waals surface area contributed by atoms with Gasteiger partial charge in [-0.2, -0.15) is 0 Å². The lowest BCUT2D eigenvalue weighted by molar-refractivity contribution is -0.117. The van der Waals surface area contributed by atoms with Crippen molar-refractivity contribution >= 4 is 28.1 Å². The summed E-state index contributed by atoms with van der Waals surface area (Å²) < 4.78 is 0. The molecule has 3 rings (SSSR count). The van der Waals surface area contributed by atoms with Gasteiger partial charge in [-0.25, -0.2) is 4.98 Å². The zero-order valence-electron chi connectivity index (χ0n) is 9.72. The van der Waals surface area contributed by atoms with E-state index in [-0.39, 0.29) is 11.8 Å². The highest BCUT2D eigenvalue weighted by atomic mass is 32.1. The van der Waals surface area contributed by atoms with Gasteiger partial charge in [0.05, 0.1) is 11.4 Å². The zero-order valence-corrected chi connectivity index (χ0v) is 10.5. The van der Waals surface area contributed by atoms with Crippen molar-refractivity contribution in [1.82, 2.24) is 4.98 Å². The van der Waals surface area contributed by atoms with Gasteiger partial charge in [-0.1, -0.05) is 18.2 Å². The molecule has 5 heteroatoms. The third kappa shape index (κ3) is 2.22. The molecule has 1 fully saturated rings. The number of hydrogen-bond acceptors (Lipinski definition) is 4. The van der Waals surface area contributed by atoms with E-state index in [1.165, 1.54) is 11.3 Å². The molecule has 92 valence electrons. The summed E-state index contributed by atoms with van der Waals surface area (Å²) in [6, 6.07) is 7.67. The lowest BCUT2D eigenvalue weighted by Crippen LogP contribution is -2.13. The summed E-state index contributed by atoms with van der Waals surface area (Å²) >= 11 is 1.40. The van der Waals surface area contributed by atoms with Crippen LogP contribution in [0.15, 0.2) is 29.6 Å². The maximum absolute atomic E-state index is 11.8. The summed E-state index contributed by atoms with van der Waals surface area (Å²) in [7, 11) is 0. The number of aromatic nitrogens is 1. The number of thiazole rings is 1. The molecule has 1 aromatic heterocycles. The summed E-state index contributed by atoms with van der Waals surface area (Å²) in [5, 5.41) is 5.40. The molecule has 2 aromatic rings. The van der Waals surface area contributed by atoms with Gasteiger partial charge in [-0.3, -0.25) is 4.79 Å². The van der Waals surface area contributed by atoms with E-state index in [9.17, 15) is 4.79 Å². The molecule has 18 heavy (non-hydrogen) atoms. The number of para-hydroxylation sites is 1. The van der Waals surface area contributed by atoms with E-state index >= 15 is 0 Å². The van der Waals surface area contributed by atoms with Crippen molar-refractivity contribution in [1.29, 1.82) is 0 Å². The van der Waals surface area contributed by atoms with Crippen molar-refractivity contribution in [3.63, 3.8) is 0 Å². The van der Waals surface area contributed by atoms with Crippen molar-refractivity contribution in [2.45, 2.75) is 12.8 Å². The molecule has 0 bridgehead atoms. The molecule has 1 saturated carbocycles. The highest BCUT2D eigenvalue weighted by molar-refractivity contribution is 7.13. The van der Waals surface area contributed by atoms with Crippen LogP contribution in [-0.2, 0) is 4.79 Å². The second-order valence-corrected chi connectivity index (χ2v) is 5.27. The van der Waals surface area contributed by atoms with E-state index in [4.69, 9.17) is 5.73 Å². The van der Waals surface area contributed by atoms with Crippen LogP contribution in [0.5, 0.6) is 0 Å². The molecule has 4 nitrogen and oxygen atoms in total. The first-order valence-electron chi connectivity index (χ1n) is 5.85. The van der Waals surface area contributed by atoms with E-state index in [1.807, 2.05) is 29.6 Å². The predicted molar refractivity (Wildman–Crippen MR) is 73.3 cm³/mol. The van der Waals surface area contributed by atoms with Gasteiger partial charge in [0.2, 0.25) is 5.91 Å². The van der Waals surface area contributed by atoms with Crippen LogP contribution in [0.2, 0.25) is 0 Å². The summed E-state index contributed by atoms with van der Waals surface area (Å²) in [6.45, 7) is 0. The average Bonchev–Trinajstić information content (AvgIpc) is 3.13. The monoisotopic (exact) mass is 259 g/mol. The molecule has 1 amide bonds. The third-order valence-electron chi connectivity index (χ3n) is 2.93. The van der Waals surface area contributed by atoms with Crippen molar-refractivity contribution in [2.75, 3.05) is 11.1 Å². The number of nitrogens with one attached hydrogen (secondary N) is 1. The van der Waals surface area contributed by atoms with Crippen LogP contribution >= 0.6 is 11.3 Å². The van der Waals surface area contributed by atoms with Crippen LogP contribution < -0.4 is 11.1 Å². The molecule has 1 aliphatic carbocycles. The van der Waals surface area contributed by atoms with E-state index in [0.29, 0.717) is 5.13 Å². The molecule has 0 radical (unpaired) electrons. The van der Waals surface area contributed by atoms with E-state index in [1.54, 1.807) is 0 Å². The molecule has 0 atom stereocenters. The number of benzene rings is 1. The lowest BCUT2D eigenvalue weighted by Gasteiger charge is -2.08. The highest BCUT2D eigenvalue weighted by Crippen LogP contribution is 2.33. The fourth-order valence-corrected chi connectivity index (χ4v) is 2.37. The molecule has 0 unspecified atom stereocenters. The SMILES string of the molecule is Nc1nc(-c2ccccc2NC(=O)C2CC2)cs1. The number of nitrogen functional groups attached to an aromatic ring is 1. The van der Waals surface area contributed by atoms with Gasteiger partial charge in [-0.05, 0) is 18.9 Å². The van der Waals surface area contributed by atoms with E-state index < -0.39 is 0 Å². The van der Waals surface area contributed by atoms with Gasteiger partial charge < -0.3 is 11.1 Å². The zero-order chi connectivity index (χ0) is 12.5. The number of nitrogens with zero attached hydrogens (tertiary/aromatic N) is 1. The number of hydrogen-bond donors (Lipinski definition) is 2. The minimum absolute atomic E-state index is 0.102. The summed E-state index contributed by atoms with van der Waals surface area (Å²) in [5.74, 6) is 0.296. The largest absolute Gasteiger partial charge is 0.375 e. The Labute approximate surface area is 109 Å². The molecule has 0 spiro atoms. The Morgan fingerprint density at radius 3 is 2.83 bits per heavy atom. The van der Waals surface area contributed by atoms with Crippen LogP contribution in [-0.4, -0.2) is 10.9 Å². The first-order valence-corrected chi connectivity index (χ1v) is 6.73. The van der Waals surface area contributed by atoms with E-state index in [2.05, 4.69) is 10.3 Å². The van der Waals surface area contributed by atoms with Crippen LogP contribution in [0.25, 0.3) is 11.3 Å². The Kier molecular flexibility index (Phi) is 2.76. The van der Waals surface area contributed by atoms with Gasteiger partial charge in [-0.15, -0.1) is 11.3 Å². The van der Waals surface area contributed by atoms with Crippen LogP contribution in [0.3, 0.4) is 0 Å². The maximum atomic E-state index is 11.8. The molecular weight excluding hydrogens is 246 g/mol. The van der Waals surface area contributed by atoms with Crippen molar-refractivity contribution in [3.8, 4) is 11.3 Å². The number of nitrogens with two attached hydrogens (primary N) is 1. The minimum atomic E-state index is 0.102. The van der Waals surface area contributed by atoms with Crippen molar-refractivity contribution in [2.24, 2.45) is 5.92 Å². The van der Waals surface area contributed by atoms with Gasteiger partial charge in [0.25, 0.3) is 0 Å². The third-order valence-corrected chi connectivity index (χ3v) is 3.60. The lowest BCUT2D eigenvalue weighted by atomic mass is 10.1. The van der Waals surface area contributed by atoms with Crippen LogP contribution in [0, 0.1) is 5.92 Å². The van der Waals surface area contributed by atoms with Gasteiger partial charge in [0.15, 0.2) is 5.13 Å². The van der Waals surface area contributed by atoms with Crippen molar-refractivity contribution < 1.29 is 4.79 Å². The number of amides is 1. The first kappa shape index (κ1) is 11.2. The number of anilines is 2. The number of carbonyl (C=O) groups excluding carboxylic acids is 1. The standard InChI is InChI=1S/C13H13N3OS/c14-13-16-11(7-18-13)9-3-1-2-4-10(9)15-12(17)8-5-6-8/h1-4,7-8H,5-6H2,(H2,14,16)(H,15,17). The Bertz CT molecular complexity index is 589. The van der Waals surface area contributed by atoms with Gasteiger partial charge >= 0.3 is 0 Å². The number of carbonyl (C=O) groups is 1. The summed E-state index contributed by atoms with van der Waals surface area (Å²) in [6.07, 6.45) is 2.00. The molecule has 1 aliphatic rings. The molecule has 1 heterocycles. The Morgan fingerprint density at radius 2 is 2.17 bits per heavy atom. The molecular formula is C13H13N3OS. The Morgan fingerprint density at radius 1 is 1.39 bits per heavy atom. The topological polar surface area (TPSA) is 68.0 Å². The first-order chi connectivity index (χ1) is 8.74.